The van der Waals surface area contributed by atoms with Crippen LogP contribution in [0.2, 0.25) is 0 Å². The highest BCUT2D eigenvalue weighted by atomic mass is 16.6. The van der Waals surface area contributed by atoms with Gasteiger partial charge in [0.2, 0.25) is 5.78 Å². The van der Waals surface area contributed by atoms with Gasteiger partial charge in [0.1, 0.15) is 18.3 Å². The van der Waals surface area contributed by atoms with Crippen LogP contribution in [-0.4, -0.2) is 53.6 Å². The molecular weight excluding hydrogens is 600 g/mol. The van der Waals surface area contributed by atoms with Gasteiger partial charge in [0.25, 0.3) is 0 Å². The predicted molar refractivity (Wildman–Crippen MR) is 172 cm³/mol. The number of carbonyl (C=O) groups is 5. The van der Waals surface area contributed by atoms with Gasteiger partial charge in [0.05, 0.1) is 17.0 Å². The number of fused-ring (bicyclic) bond motifs is 2. The first-order chi connectivity index (χ1) is 22.2. The zero-order chi connectivity index (χ0) is 34.3. The number of allylic oxidation sites excluding steroid dienone is 1. The molecule has 0 heterocycles. The maximum Gasteiger partial charge on any atom is 0.338 e. The van der Waals surface area contributed by atoms with Crippen LogP contribution in [0.25, 0.3) is 0 Å². The van der Waals surface area contributed by atoms with Gasteiger partial charge in [-0.05, 0) is 66.4 Å². The fourth-order valence-electron chi connectivity index (χ4n) is 7.64. The number of Topliss-reactive ketones (excluding diaryl/α,β-unsaturated/α-hetero) is 1. The van der Waals surface area contributed by atoms with E-state index >= 15 is 0 Å². The molecule has 47 heavy (non-hydrogen) atoms. The van der Waals surface area contributed by atoms with E-state index in [2.05, 4.69) is 20.4 Å². The van der Waals surface area contributed by atoms with E-state index in [4.69, 9.17) is 18.9 Å². The second-order valence-corrected chi connectivity index (χ2v) is 13.7. The number of carbonyl (C=O) groups excluding carboxylic acids is 5. The molecule has 0 unspecified atom stereocenters. The Morgan fingerprint density at radius 3 is 1.91 bits per heavy atom. The topological polar surface area (TPSA) is 122 Å². The smallest absolute Gasteiger partial charge is 0.338 e. The summed E-state index contributed by atoms with van der Waals surface area (Å²) in [6.45, 7) is 14.4. The molecule has 0 N–H and O–H groups in total. The van der Waals surface area contributed by atoms with Gasteiger partial charge in [-0.2, -0.15) is 0 Å². The highest BCUT2D eigenvalue weighted by Crippen LogP contribution is 2.63. The molecule has 8 atom stereocenters. The standard InChI is InChI=1S/C38H42O9/c1-21-18-28-29(37(28,6)7)19-30(45-35(42)26-14-10-8-11-15-26)23(3)33(44-24(4)39)31-32(46-36(43)27-16-12-9-13-17-27)22(2)20-38(31,34(21)41)47-25(5)40/h8-18,22,28-33H,3,19-20H2,1-2,4-7H3/t22-,28+,29-,30+,31+,32-,33-,38+/m1/s1. The summed E-state index contributed by atoms with van der Waals surface area (Å²) in [5.74, 6) is -4.93. The molecule has 9 heteroatoms. The summed E-state index contributed by atoms with van der Waals surface area (Å²) in [5.41, 5.74) is -0.942. The van der Waals surface area contributed by atoms with E-state index in [1.807, 2.05) is 6.08 Å². The van der Waals surface area contributed by atoms with E-state index in [0.717, 1.165) is 0 Å². The van der Waals surface area contributed by atoms with Crippen LogP contribution in [0.5, 0.6) is 0 Å². The van der Waals surface area contributed by atoms with Crippen LogP contribution >= 0.6 is 0 Å². The number of ether oxygens (including phenoxy) is 4. The average molecular weight is 643 g/mol. The molecule has 3 aliphatic carbocycles. The van der Waals surface area contributed by atoms with Crippen molar-refractivity contribution in [3.63, 3.8) is 0 Å². The molecule has 2 fully saturated rings. The van der Waals surface area contributed by atoms with Crippen LogP contribution in [0.3, 0.4) is 0 Å². The lowest BCUT2D eigenvalue weighted by atomic mass is 9.76. The molecule has 0 saturated heterocycles. The maximum absolute atomic E-state index is 14.7. The second kappa shape index (κ2) is 12.9. The Morgan fingerprint density at radius 2 is 1.38 bits per heavy atom. The summed E-state index contributed by atoms with van der Waals surface area (Å²) >= 11 is 0. The van der Waals surface area contributed by atoms with Crippen molar-refractivity contribution in [2.75, 3.05) is 0 Å². The molecule has 2 saturated carbocycles. The number of esters is 4. The molecule has 5 rings (SSSR count). The molecular formula is C38H42O9. The lowest BCUT2D eigenvalue weighted by molar-refractivity contribution is -0.179. The van der Waals surface area contributed by atoms with Crippen molar-refractivity contribution in [1.82, 2.24) is 0 Å². The minimum Gasteiger partial charge on any atom is -0.458 e. The summed E-state index contributed by atoms with van der Waals surface area (Å²) in [4.78, 5) is 67.3. The van der Waals surface area contributed by atoms with Gasteiger partial charge in [-0.25, -0.2) is 9.59 Å². The van der Waals surface area contributed by atoms with Crippen molar-refractivity contribution in [3.05, 3.63) is 95.6 Å². The monoisotopic (exact) mass is 642 g/mol. The number of rotatable bonds is 6. The van der Waals surface area contributed by atoms with Gasteiger partial charge in [0, 0.05) is 25.8 Å². The van der Waals surface area contributed by atoms with Gasteiger partial charge in [-0.1, -0.05) is 69.8 Å². The molecule has 0 aliphatic heterocycles. The van der Waals surface area contributed by atoms with Gasteiger partial charge in [-0.15, -0.1) is 0 Å². The lowest BCUT2D eigenvalue weighted by Gasteiger charge is -2.40. The summed E-state index contributed by atoms with van der Waals surface area (Å²) in [6, 6.07) is 16.9. The summed E-state index contributed by atoms with van der Waals surface area (Å²) in [6.07, 6.45) is -1.13. The van der Waals surface area contributed by atoms with E-state index in [0.29, 0.717) is 17.6 Å². The van der Waals surface area contributed by atoms with E-state index in [1.54, 1.807) is 74.5 Å². The molecule has 0 radical (unpaired) electrons. The van der Waals surface area contributed by atoms with Crippen LogP contribution in [0.1, 0.15) is 75.1 Å². The molecule has 3 aliphatic rings. The van der Waals surface area contributed by atoms with Crippen LogP contribution in [0.4, 0.5) is 0 Å². The average Bonchev–Trinajstić information content (AvgIpc) is 3.41. The fraction of sp³-hybridized carbons (Fsp3) is 0.447. The maximum atomic E-state index is 14.7. The van der Waals surface area contributed by atoms with Crippen molar-refractivity contribution >= 4 is 29.7 Å². The first kappa shape index (κ1) is 33.8. The molecule has 0 aromatic heterocycles. The molecule has 9 nitrogen and oxygen atoms in total. The van der Waals surface area contributed by atoms with Crippen molar-refractivity contribution in [2.24, 2.45) is 29.1 Å². The van der Waals surface area contributed by atoms with Crippen molar-refractivity contribution in [1.29, 1.82) is 0 Å². The van der Waals surface area contributed by atoms with Crippen molar-refractivity contribution in [2.45, 2.75) is 78.3 Å². The molecule has 2 aromatic rings. The molecule has 0 bridgehead atoms. The highest BCUT2D eigenvalue weighted by Gasteiger charge is 2.66. The van der Waals surface area contributed by atoms with E-state index in [1.165, 1.54) is 13.8 Å². The quantitative estimate of drug-likeness (QED) is 0.210. The largest absolute Gasteiger partial charge is 0.458 e. The highest BCUT2D eigenvalue weighted by molar-refractivity contribution is 6.03. The first-order valence-corrected chi connectivity index (χ1v) is 16.0. The summed E-state index contributed by atoms with van der Waals surface area (Å²) in [5, 5.41) is 0. The Labute approximate surface area is 275 Å². The van der Waals surface area contributed by atoms with Crippen molar-refractivity contribution in [3.8, 4) is 0 Å². The minimum atomic E-state index is -1.89. The number of hydrogen-bond acceptors (Lipinski definition) is 9. The normalized spacial score (nSPS) is 31.2. The number of hydrogen-bond donors (Lipinski definition) is 0. The van der Waals surface area contributed by atoms with E-state index in [-0.39, 0.29) is 34.8 Å². The minimum absolute atomic E-state index is 0.00893. The van der Waals surface area contributed by atoms with Gasteiger partial charge >= 0.3 is 23.9 Å². The molecule has 248 valence electrons. The zero-order valence-corrected chi connectivity index (χ0v) is 27.7. The van der Waals surface area contributed by atoms with E-state index in [9.17, 15) is 24.0 Å². The SMILES string of the molecule is C=C1[C@@H](OC(=O)c2ccccc2)C[C@@H]2[C@H](C=C(C)C(=O)[C@]3(OC(C)=O)C[C@@H](C)[C@@H](OC(=O)c4ccccc4)[C@H]3[C@@H]1OC(C)=O)C2(C)C. The zero-order valence-electron chi connectivity index (χ0n) is 27.7. The van der Waals surface area contributed by atoms with Gasteiger partial charge < -0.3 is 18.9 Å². The van der Waals surface area contributed by atoms with Gasteiger partial charge in [0.15, 0.2) is 5.60 Å². The summed E-state index contributed by atoms with van der Waals surface area (Å²) in [7, 11) is 0. The van der Waals surface area contributed by atoms with Crippen LogP contribution < -0.4 is 0 Å². The van der Waals surface area contributed by atoms with Crippen LogP contribution in [-0.2, 0) is 33.3 Å². The Bertz CT molecular complexity index is 1610. The fourth-order valence-corrected chi connectivity index (χ4v) is 7.64. The molecule has 0 spiro atoms. The third-order valence-electron chi connectivity index (χ3n) is 10.1. The Balaban J connectivity index is 1.68. The lowest BCUT2D eigenvalue weighted by Crippen LogP contribution is -2.55. The van der Waals surface area contributed by atoms with Crippen molar-refractivity contribution < 1.29 is 42.9 Å². The van der Waals surface area contributed by atoms with Gasteiger partial charge in [-0.3, -0.25) is 14.4 Å². The van der Waals surface area contributed by atoms with E-state index < -0.39 is 65.4 Å². The predicted octanol–water partition coefficient (Wildman–Crippen LogP) is 6.07. The number of benzene rings is 2. The number of ketones is 1. The second-order valence-electron chi connectivity index (χ2n) is 13.7. The van der Waals surface area contributed by atoms with Crippen LogP contribution in [0, 0.1) is 29.1 Å². The Morgan fingerprint density at radius 1 is 0.830 bits per heavy atom. The molecule has 0 amide bonds. The molecule has 2 aromatic carbocycles. The Kier molecular flexibility index (Phi) is 9.31. The Hall–Kier alpha value is -4.53. The third kappa shape index (κ3) is 6.53. The van der Waals surface area contributed by atoms with Crippen LogP contribution in [0.15, 0.2) is 84.5 Å². The summed E-state index contributed by atoms with van der Waals surface area (Å²) < 4.78 is 24.3. The first-order valence-electron chi connectivity index (χ1n) is 16.0. The third-order valence-corrected chi connectivity index (χ3v) is 10.1.